The van der Waals surface area contributed by atoms with E-state index in [1.54, 1.807) is 13.8 Å². The summed E-state index contributed by atoms with van der Waals surface area (Å²) in [6.45, 7) is 3.53. The number of rotatable bonds is 1. The van der Waals surface area contributed by atoms with Crippen molar-refractivity contribution in [3.63, 3.8) is 0 Å². The lowest BCUT2D eigenvalue weighted by Crippen LogP contribution is -2.41. The van der Waals surface area contributed by atoms with Crippen molar-refractivity contribution in [3.05, 3.63) is 5.21 Å². The van der Waals surface area contributed by atoms with Gasteiger partial charge in [0.15, 0.2) is 0 Å². The van der Waals surface area contributed by atoms with Crippen LogP contribution in [0.25, 0.3) is 0 Å². The Morgan fingerprint density at radius 2 is 2.27 bits per heavy atom. The van der Waals surface area contributed by atoms with Gasteiger partial charge < -0.3 is 15.4 Å². The highest BCUT2D eigenvalue weighted by molar-refractivity contribution is 5.74. The first kappa shape index (κ1) is 8.49. The molecule has 1 fully saturated rings. The maximum Gasteiger partial charge on any atom is 0.319 e. The van der Waals surface area contributed by atoms with Gasteiger partial charge in [-0.15, -0.1) is 0 Å². The van der Waals surface area contributed by atoms with Crippen molar-refractivity contribution in [3.8, 4) is 0 Å². The van der Waals surface area contributed by atoms with Crippen LogP contribution in [0.2, 0.25) is 0 Å². The second-order valence-electron chi connectivity index (χ2n) is 3.53. The minimum Gasteiger partial charge on any atom is -0.784 e. The average molecular weight is 158 g/mol. The first-order chi connectivity index (χ1) is 4.95. The number of nitrogens with zero attached hydrogens (tertiary/aromatic N) is 1. The molecular weight excluding hydrogens is 146 g/mol. The van der Waals surface area contributed by atoms with Crippen molar-refractivity contribution in [2.75, 3.05) is 0 Å². The Balaban J connectivity index is 2.71. The van der Waals surface area contributed by atoms with E-state index in [1.165, 1.54) is 0 Å². The first-order valence-corrected chi connectivity index (χ1v) is 3.64. The maximum absolute atomic E-state index is 11.2. The van der Waals surface area contributed by atoms with Gasteiger partial charge >= 0.3 is 5.97 Å². The zero-order valence-electron chi connectivity index (χ0n) is 6.70. The van der Waals surface area contributed by atoms with Crippen LogP contribution in [-0.4, -0.2) is 27.7 Å². The highest BCUT2D eigenvalue weighted by Crippen LogP contribution is 2.31. The largest absolute Gasteiger partial charge is 0.784 e. The summed E-state index contributed by atoms with van der Waals surface area (Å²) in [6, 6.07) is -0.829. The monoisotopic (exact) mass is 158 g/mol. The average Bonchev–Trinajstić information content (AvgIpc) is 2.09. The molecule has 1 rings (SSSR count). The molecule has 0 aromatic heterocycles. The molecule has 4 nitrogen and oxygen atoms in total. The van der Waals surface area contributed by atoms with Gasteiger partial charge in [-0.3, -0.25) is 4.79 Å². The highest BCUT2D eigenvalue weighted by atomic mass is 16.5. The summed E-state index contributed by atoms with van der Waals surface area (Å²) in [5, 5.41) is 20.5. The molecule has 0 unspecified atom stereocenters. The third-order valence-electron chi connectivity index (χ3n) is 2.19. The van der Waals surface area contributed by atoms with Crippen LogP contribution in [0.15, 0.2) is 0 Å². The van der Waals surface area contributed by atoms with Crippen LogP contribution >= 0.6 is 0 Å². The molecule has 0 radical (unpaired) electrons. The molecule has 0 bridgehead atoms. The number of carbonyl (C=O) groups is 1. The quantitative estimate of drug-likeness (QED) is 0.613. The topological polar surface area (TPSA) is 63.6 Å². The normalized spacial score (nSPS) is 30.6. The van der Waals surface area contributed by atoms with Crippen LogP contribution < -0.4 is 0 Å². The van der Waals surface area contributed by atoms with Crippen molar-refractivity contribution in [1.82, 2.24) is 5.06 Å². The van der Waals surface area contributed by atoms with Gasteiger partial charge in [0, 0.05) is 5.54 Å². The van der Waals surface area contributed by atoms with Crippen molar-refractivity contribution >= 4 is 5.97 Å². The molecule has 1 N–H and O–H groups in total. The number of carboxylic acids is 1. The minimum absolute atomic E-state index is 0.464. The van der Waals surface area contributed by atoms with Gasteiger partial charge in [-0.2, -0.15) is 0 Å². The number of hydrogen-bond acceptors (Lipinski definition) is 3. The predicted molar refractivity (Wildman–Crippen MR) is 39.9 cm³/mol. The molecule has 64 valence electrons. The van der Waals surface area contributed by atoms with Gasteiger partial charge in [0.25, 0.3) is 0 Å². The van der Waals surface area contributed by atoms with Crippen LogP contribution in [0.4, 0.5) is 0 Å². The molecule has 1 atom stereocenters. The van der Waals surface area contributed by atoms with Gasteiger partial charge in [0.2, 0.25) is 0 Å². The van der Waals surface area contributed by atoms with Gasteiger partial charge in [-0.1, -0.05) is 0 Å². The molecule has 0 aromatic rings. The fourth-order valence-corrected chi connectivity index (χ4v) is 1.36. The van der Waals surface area contributed by atoms with E-state index in [2.05, 4.69) is 0 Å². The molecular formula is C7H12NO3-. The van der Waals surface area contributed by atoms with Crippen LogP contribution in [0, 0.1) is 5.21 Å². The van der Waals surface area contributed by atoms with E-state index in [1.807, 2.05) is 0 Å². The summed E-state index contributed by atoms with van der Waals surface area (Å²) in [5.41, 5.74) is -0.497. The van der Waals surface area contributed by atoms with Crippen molar-refractivity contribution < 1.29 is 9.90 Å². The van der Waals surface area contributed by atoms with E-state index < -0.39 is 17.6 Å². The zero-order chi connectivity index (χ0) is 8.65. The Hall–Kier alpha value is -0.610. The summed E-state index contributed by atoms with van der Waals surface area (Å²) in [7, 11) is 0. The van der Waals surface area contributed by atoms with E-state index >= 15 is 0 Å². The van der Waals surface area contributed by atoms with Gasteiger partial charge in [-0.05, 0) is 26.7 Å². The second kappa shape index (κ2) is 2.46. The Kier molecular flexibility index (Phi) is 1.90. The Labute approximate surface area is 65.4 Å². The third kappa shape index (κ3) is 1.36. The fraction of sp³-hybridized carbons (Fsp3) is 0.857. The first-order valence-electron chi connectivity index (χ1n) is 3.64. The molecule has 11 heavy (non-hydrogen) atoms. The van der Waals surface area contributed by atoms with Crippen LogP contribution in [-0.2, 0) is 4.79 Å². The van der Waals surface area contributed by atoms with E-state index in [-0.39, 0.29) is 0 Å². The number of hydrogen-bond donors (Lipinski definition) is 1. The van der Waals surface area contributed by atoms with Gasteiger partial charge in [0.05, 0.1) is 6.04 Å². The second-order valence-corrected chi connectivity index (χ2v) is 3.53. The molecule has 1 aliphatic heterocycles. The summed E-state index contributed by atoms with van der Waals surface area (Å²) in [5.74, 6) is -1.01. The Morgan fingerprint density at radius 3 is 2.45 bits per heavy atom. The third-order valence-corrected chi connectivity index (χ3v) is 2.19. The minimum atomic E-state index is -1.01. The Morgan fingerprint density at radius 1 is 1.73 bits per heavy atom. The highest BCUT2D eigenvalue weighted by Gasteiger charge is 2.36. The predicted octanol–water partition coefficient (Wildman–Crippen LogP) is 0.812. The molecule has 4 heteroatoms. The lowest BCUT2D eigenvalue weighted by Gasteiger charge is -2.39. The molecule has 0 aliphatic carbocycles. The SMILES string of the molecule is CC1(C)CC[C@@H](C(=O)O)N1[O-]. The molecule has 1 saturated heterocycles. The van der Waals surface area contributed by atoms with E-state index in [9.17, 15) is 10.0 Å². The molecule has 1 aliphatic rings. The Bertz CT molecular complexity index is 179. The van der Waals surface area contributed by atoms with Crippen LogP contribution in [0.3, 0.4) is 0 Å². The summed E-state index contributed by atoms with van der Waals surface area (Å²) < 4.78 is 0. The van der Waals surface area contributed by atoms with Crippen molar-refractivity contribution in [2.24, 2.45) is 0 Å². The van der Waals surface area contributed by atoms with E-state index in [0.717, 1.165) is 0 Å². The van der Waals surface area contributed by atoms with Crippen molar-refractivity contribution in [2.45, 2.75) is 38.3 Å². The lowest BCUT2D eigenvalue weighted by atomic mass is 10.0. The smallest absolute Gasteiger partial charge is 0.319 e. The summed E-state index contributed by atoms with van der Waals surface area (Å²) in [4.78, 5) is 10.5. The lowest BCUT2D eigenvalue weighted by molar-refractivity contribution is -0.142. The summed E-state index contributed by atoms with van der Waals surface area (Å²) in [6.07, 6.45) is 1.12. The number of aliphatic carboxylic acids is 1. The molecule has 0 saturated carbocycles. The number of carboxylic acid groups (broad SMARTS) is 1. The van der Waals surface area contributed by atoms with E-state index in [4.69, 9.17) is 5.11 Å². The fourth-order valence-electron chi connectivity index (χ4n) is 1.36. The summed E-state index contributed by atoms with van der Waals surface area (Å²) >= 11 is 0. The molecule has 0 aromatic carbocycles. The zero-order valence-corrected chi connectivity index (χ0v) is 6.70. The molecule has 0 spiro atoms. The van der Waals surface area contributed by atoms with Crippen LogP contribution in [0.1, 0.15) is 26.7 Å². The maximum atomic E-state index is 11.2. The van der Waals surface area contributed by atoms with Gasteiger partial charge in [-0.25, -0.2) is 0 Å². The standard InChI is InChI=1S/C7H12NO3/c1-7(2)4-3-5(6(9)10)8(7)11/h5H,3-4H2,1-2H3,(H,9,10)/q-1/t5-/m0/s1. The van der Waals surface area contributed by atoms with Gasteiger partial charge in [0.1, 0.15) is 0 Å². The van der Waals surface area contributed by atoms with Crippen LogP contribution in [0.5, 0.6) is 0 Å². The van der Waals surface area contributed by atoms with Crippen molar-refractivity contribution in [1.29, 1.82) is 0 Å². The number of hydroxylamine groups is 2. The van der Waals surface area contributed by atoms with E-state index in [0.29, 0.717) is 17.9 Å². The molecule has 0 amide bonds. The molecule has 1 heterocycles.